The van der Waals surface area contributed by atoms with E-state index in [0.717, 1.165) is 4.57 Å². The molecule has 1 aromatic rings. The molecular weight excluding hydrogens is 380 g/mol. The molecule has 5 atom stereocenters. The molecule has 0 amide bonds. The van der Waals surface area contributed by atoms with Gasteiger partial charge in [0.25, 0.3) is 0 Å². The quantitative estimate of drug-likeness (QED) is 0.525. The van der Waals surface area contributed by atoms with Crippen molar-refractivity contribution in [1.82, 2.24) is 9.55 Å². The summed E-state index contributed by atoms with van der Waals surface area (Å²) < 4.78 is 43.5. The van der Waals surface area contributed by atoms with Gasteiger partial charge in [0.1, 0.15) is 17.0 Å². The Labute approximate surface area is 147 Å². The lowest BCUT2D eigenvalue weighted by Crippen LogP contribution is -2.37. The number of anilines is 1. The summed E-state index contributed by atoms with van der Waals surface area (Å²) in [4.78, 5) is 15.4. The molecule has 3 N–H and O–H groups in total. The van der Waals surface area contributed by atoms with Gasteiger partial charge in [0.15, 0.2) is 12.4 Å². The molecule has 0 spiro atoms. The number of hydrogen-bond donors (Lipinski definition) is 2. The van der Waals surface area contributed by atoms with Crippen LogP contribution in [0, 0.1) is 5.92 Å². The van der Waals surface area contributed by atoms with E-state index in [4.69, 9.17) is 31.1 Å². The van der Waals surface area contributed by atoms with E-state index in [-0.39, 0.29) is 17.9 Å². The van der Waals surface area contributed by atoms with Crippen molar-refractivity contribution in [3.05, 3.63) is 22.7 Å². The lowest BCUT2D eigenvalue weighted by atomic mass is 10.1. The highest BCUT2D eigenvalue weighted by molar-refractivity contribution is 7.53. The largest absolute Gasteiger partial charge is 0.383 e. The SMILES string of the molecule is COP(=O)(C[C@H]1[C@@]2(O)[C@@H](F)[C@H](n3ccc(N)nc3=O)O[C@]12CCl)OC. The molecular formula is C13H18ClFN3O6P. The van der Waals surface area contributed by atoms with Crippen LogP contribution < -0.4 is 11.4 Å². The van der Waals surface area contributed by atoms with Crippen molar-refractivity contribution in [3.8, 4) is 0 Å². The molecule has 2 heterocycles. The summed E-state index contributed by atoms with van der Waals surface area (Å²) in [6, 6.07) is 1.31. The van der Waals surface area contributed by atoms with E-state index in [0.29, 0.717) is 0 Å². The molecule has 1 aromatic heterocycles. The van der Waals surface area contributed by atoms with Crippen molar-refractivity contribution in [3.63, 3.8) is 0 Å². The van der Waals surface area contributed by atoms with Gasteiger partial charge in [-0.3, -0.25) is 9.13 Å². The van der Waals surface area contributed by atoms with E-state index >= 15 is 4.39 Å². The van der Waals surface area contributed by atoms with E-state index in [9.17, 15) is 14.5 Å². The van der Waals surface area contributed by atoms with Crippen molar-refractivity contribution in [1.29, 1.82) is 0 Å². The van der Waals surface area contributed by atoms with E-state index in [2.05, 4.69) is 4.98 Å². The molecule has 0 unspecified atom stereocenters. The van der Waals surface area contributed by atoms with Crippen LogP contribution in [-0.2, 0) is 18.3 Å². The van der Waals surface area contributed by atoms with Crippen LogP contribution in [0.3, 0.4) is 0 Å². The summed E-state index contributed by atoms with van der Waals surface area (Å²) in [6.07, 6.45) is -2.47. The van der Waals surface area contributed by atoms with Crippen molar-refractivity contribution in [2.24, 2.45) is 5.92 Å². The van der Waals surface area contributed by atoms with Crippen LogP contribution in [0.1, 0.15) is 6.23 Å². The molecule has 25 heavy (non-hydrogen) atoms. The van der Waals surface area contributed by atoms with Crippen LogP contribution >= 0.6 is 19.2 Å². The Bertz CT molecular complexity index is 783. The third-order valence-electron chi connectivity index (χ3n) is 4.98. The molecule has 2 fully saturated rings. The molecule has 3 rings (SSSR count). The highest BCUT2D eigenvalue weighted by Crippen LogP contribution is 2.71. The van der Waals surface area contributed by atoms with Crippen molar-refractivity contribution >= 4 is 25.0 Å². The molecule has 2 aliphatic rings. The molecule has 1 saturated heterocycles. The van der Waals surface area contributed by atoms with Gasteiger partial charge in [0.2, 0.25) is 0 Å². The zero-order valence-corrected chi connectivity index (χ0v) is 15.1. The first-order chi connectivity index (χ1) is 11.7. The van der Waals surface area contributed by atoms with E-state index in [1.807, 2.05) is 0 Å². The first kappa shape index (κ1) is 18.8. The lowest BCUT2D eigenvalue weighted by molar-refractivity contribution is -0.0663. The van der Waals surface area contributed by atoms with Crippen LogP contribution in [0.15, 0.2) is 17.1 Å². The highest BCUT2D eigenvalue weighted by Gasteiger charge is 2.87. The van der Waals surface area contributed by atoms with Gasteiger partial charge in [-0.05, 0) is 6.07 Å². The zero-order valence-electron chi connectivity index (χ0n) is 13.5. The average Bonchev–Trinajstić information content (AvgIpc) is 2.99. The standard InChI is InChI=1S/C13H18ClFN3O6P/c1-22-25(21,23-2)5-7-12(6-14)13(7,20)9(15)10(24-12)18-4-3-8(16)17-11(18)19/h3-4,7,9-10,20H,5-6H2,1-2H3,(H2,16,17,19)/t7-,9+,10-,12-,13-/m1/s1. The summed E-state index contributed by atoms with van der Waals surface area (Å²) in [5, 5.41) is 10.8. The summed E-state index contributed by atoms with van der Waals surface area (Å²) >= 11 is 5.93. The molecule has 12 heteroatoms. The number of hydrogen-bond acceptors (Lipinski definition) is 8. The maximum absolute atomic E-state index is 15.0. The average molecular weight is 398 g/mol. The van der Waals surface area contributed by atoms with Crippen molar-refractivity contribution in [2.45, 2.75) is 23.6 Å². The fourth-order valence-electron chi connectivity index (χ4n) is 3.47. The second kappa shape index (κ2) is 6.00. The number of ether oxygens (including phenoxy) is 1. The fraction of sp³-hybridized carbons (Fsp3) is 0.692. The van der Waals surface area contributed by atoms with Gasteiger partial charge < -0.3 is 24.6 Å². The molecule has 1 aliphatic carbocycles. The number of fused-ring (bicyclic) bond motifs is 1. The van der Waals surface area contributed by atoms with Gasteiger partial charge in [0.05, 0.1) is 12.0 Å². The first-order valence-corrected chi connectivity index (χ1v) is 9.60. The maximum Gasteiger partial charge on any atom is 0.351 e. The molecule has 0 bridgehead atoms. The molecule has 0 aromatic carbocycles. The second-order valence-electron chi connectivity index (χ2n) is 6.01. The van der Waals surface area contributed by atoms with Crippen LogP contribution in [0.4, 0.5) is 10.2 Å². The number of nitrogens with zero attached hydrogens (tertiary/aromatic N) is 2. The number of nitrogens with two attached hydrogens (primary N) is 1. The van der Waals surface area contributed by atoms with Gasteiger partial charge in [-0.25, -0.2) is 9.18 Å². The fourth-order valence-corrected chi connectivity index (χ4v) is 5.41. The highest BCUT2D eigenvalue weighted by atomic mass is 35.5. The predicted molar refractivity (Wildman–Crippen MR) is 86.3 cm³/mol. The number of alkyl halides is 2. The monoisotopic (exact) mass is 397 g/mol. The minimum Gasteiger partial charge on any atom is -0.383 e. The molecule has 140 valence electrons. The number of nitrogen functional groups attached to an aromatic ring is 1. The van der Waals surface area contributed by atoms with Crippen LogP contribution in [0.25, 0.3) is 0 Å². The predicted octanol–water partition coefficient (Wildman–Crippen LogP) is 0.517. The summed E-state index contributed by atoms with van der Waals surface area (Å²) in [5.41, 5.74) is 1.06. The maximum atomic E-state index is 15.0. The smallest absolute Gasteiger partial charge is 0.351 e. The van der Waals surface area contributed by atoms with Crippen molar-refractivity contribution in [2.75, 3.05) is 32.0 Å². The number of aromatic nitrogens is 2. The van der Waals surface area contributed by atoms with Crippen LogP contribution in [0.2, 0.25) is 0 Å². The Morgan fingerprint density at radius 3 is 2.68 bits per heavy atom. The van der Waals surface area contributed by atoms with E-state index in [1.54, 1.807) is 0 Å². The second-order valence-corrected chi connectivity index (χ2v) is 8.60. The third kappa shape index (κ3) is 2.47. The number of aliphatic hydroxyl groups is 1. The van der Waals surface area contributed by atoms with Gasteiger partial charge in [0, 0.05) is 26.3 Å². The summed E-state index contributed by atoms with van der Waals surface area (Å²) in [7, 11) is -1.14. The lowest BCUT2D eigenvalue weighted by Gasteiger charge is -2.24. The Morgan fingerprint density at radius 1 is 1.56 bits per heavy atom. The molecule has 9 nitrogen and oxygen atoms in total. The Balaban J connectivity index is 1.92. The van der Waals surface area contributed by atoms with Crippen LogP contribution in [-0.4, -0.2) is 58.3 Å². The number of rotatable bonds is 6. The van der Waals surface area contributed by atoms with E-state index in [1.165, 1.54) is 26.5 Å². The normalized spacial score (nSPS) is 37.1. The molecule has 1 aliphatic heterocycles. The Morgan fingerprint density at radius 2 is 2.20 bits per heavy atom. The Hall–Kier alpha value is -1.03. The third-order valence-corrected chi connectivity index (χ3v) is 7.30. The van der Waals surface area contributed by atoms with E-state index < -0.39 is 42.8 Å². The zero-order chi connectivity index (χ0) is 18.6. The molecule has 0 radical (unpaired) electrons. The number of halogens is 2. The van der Waals surface area contributed by atoms with Gasteiger partial charge >= 0.3 is 13.3 Å². The topological polar surface area (TPSA) is 126 Å². The van der Waals surface area contributed by atoms with Gasteiger partial charge in [-0.2, -0.15) is 4.98 Å². The minimum absolute atomic E-state index is 0.0235. The van der Waals surface area contributed by atoms with Crippen molar-refractivity contribution < 1.29 is 27.8 Å². The van der Waals surface area contributed by atoms with Gasteiger partial charge in [-0.15, -0.1) is 11.6 Å². The summed E-state index contributed by atoms with van der Waals surface area (Å²) in [5.74, 6) is -1.20. The van der Waals surface area contributed by atoms with Gasteiger partial charge in [-0.1, -0.05) is 0 Å². The van der Waals surface area contributed by atoms with Crippen LogP contribution in [0.5, 0.6) is 0 Å². The Kier molecular flexibility index (Phi) is 4.50. The minimum atomic E-state index is -3.52. The summed E-state index contributed by atoms with van der Waals surface area (Å²) in [6.45, 7) is 0. The molecule has 1 saturated carbocycles. The first-order valence-electron chi connectivity index (χ1n) is 7.34.